The third-order valence-corrected chi connectivity index (χ3v) is 5.55. The molecule has 0 bridgehead atoms. The van der Waals surface area contributed by atoms with Crippen molar-refractivity contribution in [2.75, 3.05) is 17.3 Å². The van der Waals surface area contributed by atoms with Crippen molar-refractivity contribution < 1.29 is 27.3 Å². The number of nitrogens with one attached hydrogen (secondary N) is 1. The number of anilines is 1. The number of nitrogens with zero attached hydrogens (tertiary/aromatic N) is 3. The molecule has 3 rings (SSSR count). The zero-order chi connectivity index (χ0) is 23.7. The number of carbonyl (C=O) groups is 1. The van der Waals surface area contributed by atoms with Crippen LogP contribution >= 0.6 is 0 Å². The normalized spacial score (nSPS) is 13.3. The maximum atomic E-state index is 12.9. The van der Waals surface area contributed by atoms with Crippen LogP contribution in [0.5, 0.6) is 0 Å². The van der Waals surface area contributed by atoms with E-state index < -0.39 is 39.9 Å². The molecule has 1 amide bonds. The minimum Gasteiger partial charge on any atom is -0.386 e. The summed E-state index contributed by atoms with van der Waals surface area (Å²) in [5.74, 6) is -0.296. The highest BCUT2D eigenvalue weighted by atomic mass is 32.2. The van der Waals surface area contributed by atoms with E-state index in [2.05, 4.69) is 15.4 Å². The van der Waals surface area contributed by atoms with E-state index in [1.807, 2.05) is 0 Å². The van der Waals surface area contributed by atoms with Crippen molar-refractivity contribution in [1.29, 1.82) is 0 Å². The van der Waals surface area contributed by atoms with Gasteiger partial charge in [0.05, 0.1) is 11.1 Å². The van der Waals surface area contributed by atoms with Crippen LogP contribution in [0, 0.1) is 0 Å². The first-order valence-electron chi connectivity index (χ1n) is 9.74. The van der Waals surface area contributed by atoms with Crippen LogP contribution in [-0.4, -0.2) is 42.0 Å². The van der Waals surface area contributed by atoms with Gasteiger partial charge in [0.15, 0.2) is 0 Å². The number of carbonyl (C=O) groups excluding carboxylic acids is 1. The fourth-order valence-electron chi connectivity index (χ4n) is 3.18. The average Bonchev–Trinajstić information content (AvgIpc) is 3.07. The number of aromatic nitrogens is 3. The second kappa shape index (κ2) is 8.99. The molecule has 2 aromatic heterocycles. The molecular formula is C21H23F3N4O3S. The van der Waals surface area contributed by atoms with Gasteiger partial charge in [0.1, 0.15) is 11.4 Å². The van der Waals surface area contributed by atoms with Gasteiger partial charge in [-0.3, -0.25) is 13.7 Å². The first-order valence-corrected chi connectivity index (χ1v) is 11.5. The predicted octanol–water partition coefficient (Wildman–Crippen LogP) is 3.70. The first-order chi connectivity index (χ1) is 14.8. The van der Waals surface area contributed by atoms with Crippen LogP contribution in [-0.2, 0) is 29.1 Å². The molecule has 2 N–H and O–H groups in total. The molecule has 0 aliphatic heterocycles. The maximum absolute atomic E-state index is 12.9. The topological polar surface area (TPSA) is 97.1 Å². The van der Waals surface area contributed by atoms with Crippen molar-refractivity contribution in [2.24, 2.45) is 0 Å². The Bertz CT molecular complexity index is 1170. The second-order valence-corrected chi connectivity index (χ2v) is 9.45. The number of halogens is 3. The Morgan fingerprint density at radius 3 is 2.59 bits per heavy atom. The Hall–Kier alpha value is -2.79. The van der Waals surface area contributed by atoms with Crippen LogP contribution < -0.4 is 5.32 Å². The zero-order valence-corrected chi connectivity index (χ0v) is 18.5. The van der Waals surface area contributed by atoms with Gasteiger partial charge in [0.25, 0.3) is 5.91 Å². The minimum absolute atomic E-state index is 0.239. The fourth-order valence-corrected chi connectivity index (χ4v) is 3.72. The Kier molecular flexibility index (Phi) is 6.70. The van der Waals surface area contributed by atoms with E-state index in [1.165, 1.54) is 19.9 Å². The molecule has 7 nitrogen and oxygen atoms in total. The summed E-state index contributed by atoms with van der Waals surface area (Å²) in [4.78, 5) is 16.1. The Morgan fingerprint density at radius 2 is 1.97 bits per heavy atom. The predicted molar refractivity (Wildman–Crippen MR) is 116 cm³/mol. The molecule has 0 aliphatic carbocycles. The van der Waals surface area contributed by atoms with Crippen LogP contribution in [0.15, 0.2) is 36.5 Å². The molecule has 0 saturated carbocycles. The van der Waals surface area contributed by atoms with Crippen molar-refractivity contribution in [3.05, 3.63) is 53.5 Å². The first kappa shape index (κ1) is 23.9. The average molecular weight is 469 g/mol. The summed E-state index contributed by atoms with van der Waals surface area (Å²) >= 11 is 0. The van der Waals surface area contributed by atoms with Crippen molar-refractivity contribution in [3.8, 4) is 0 Å². The second-order valence-electron chi connectivity index (χ2n) is 7.90. The van der Waals surface area contributed by atoms with Crippen molar-refractivity contribution in [2.45, 2.75) is 38.6 Å². The number of amides is 1. The third-order valence-electron chi connectivity index (χ3n) is 4.69. The largest absolute Gasteiger partial charge is 0.433 e. The summed E-state index contributed by atoms with van der Waals surface area (Å²) < 4.78 is 51.7. The summed E-state index contributed by atoms with van der Waals surface area (Å²) in [5.41, 5.74) is -1.76. The van der Waals surface area contributed by atoms with Gasteiger partial charge in [-0.25, -0.2) is 4.98 Å². The number of fused-ring (bicyclic) bond motifs is 1. The molecule has 172 valence electrons. The molecular weight excluding hydrogens is 445 g/mol. The van der Waals surface area contributed by atoms with Gasteiger partial charge in [-0.1, -0.05) is 6.07 Å². The SMILES string of the molecule is CS(=O)CCCn1cc2cc(NC(=O)c3cccc(C(F)(F)F)n3)c(C(C)(C)O)cc2n1. The van der Waals surface area contributed by atoms with Crippen LogP contribution in [0.3, 0.4) is 0 Å². The lowest BCUT2D eigenvalue weighted by Gasteiger charge is -2.22. The molecule has 0 saturated heterocycles. The molecule has 0 fully saturated rings. The van der Waals surface area contributed by atoms with Crippen LogP contribution in [0.25, 0.3) is 10.9 Å². The van der Waals surface area contributed by atoms with Gasteiger partial charge in [-0.15, -0.1) is 0 Å². The van der Waals surface area contributed by atoms with Crippen LogP contribution in [0.2, 0.25) is 0 Å². The zero-order valence-electron chi connectivity index (χ0n) is 17.7. The van der Waals surface area contributed by atoms with Gasteiger partial charge in [-0.2, -0.15) is 18.3 Å². The van der Waals surface area contributed by atoms with E-state index in [4.69, 9.17) is 0 Å². The number of hydrogen-bond donors (Lipinski definition) is 2. The van der Waals surface area contributed by atoms with Crippen molar-refractivity contribution in [1.82, 2.24) is 14.8 Å². The number of aryl methyl sites for hydroxylation is 1. The van der Waals surface area contributed by atoms with Crippen LogP contribution in [0.1, 0.15) is 42.0 Å². The van der Waals surface area contributed by atoms with Gasteiger partial charge in [0, 0.05) is 52.2 Å². The highest BCUT2D eigenvalue weighted by Gasteiger charge is 2.33. The van der Waals surface area contributed by atoms with E-state index in [-0.39, 0.29) is 5.69 Å². The maximum Gasteiger partial charge on any atom is 0.433 e. The quantitative estimate of drug-likeness (QED) is 0.551. The molecule has 2 heterocycles. The van der Waals surface area contributed by atoms with Gasteiger partial charge < -0.3 is 10.4 Å². The van der Waals surface area contributed by atoms with Crippen molar-refractivity contribution in [3.63, 3.8) is 0 Å². The van der Waals surface area contributed by atoms with Crippen LogP contribution in [0.4, 0.5) is 18.9 Å². The minimum atomic E-state index is -4.67. The molecule has 0 radical (unpaired) electrons. The fraction of sp³-hybridized carbons (Fsp3) is 0.381. The van der Waals surface area contributed by atoms with E-state index in [0.29, 0.717) is 35.2 Å². The summed E-state index contributed by atoms with van der Waals surface area (Å²) in [6.07, 6.45) is -0.629. The molecule has 1 aromatic carbocycles. The molecule has 0 spiro atoms. The molecule has 1 unspecified atom stereocenters. The lowest BCUT2D eigenvalue weighted by molar-refractivity contribution is -0.141. The highest BCUT2D eigenvalue weighted by Crippen LogP contribution is 2.32. The number of pyridine rings is 1. The highest BCUT2D eigenvalue weighted by molar-refractivity contribution is 7.84. The van der Waals surface area contributed by atoms with Gasteiger partial charge >= 0.3 is 6.18 Å². The molecule has 0 aliphatic rings. The molecule has 32 heavy (non-hydrogen) atoms. The summed E-state index contributed by atoms with van der Waals surface area (Å²) in [6.45, 7) is 3.60. The van der Waals surface area contributed by atoms with Crippen molar-refractivity contribution >= 4 is 33.3 Å². The number of benzene rings is 1. The van der Waals surface area contributed by atoms with E-state index >= 15 is 0 Å². The standard InChI is InChI=1S/C21H23F3N4O3S/c1-20(2,30)14-11-16-13(12-28(27-16)8-5-9-32(3)31)10-17(14)26-19(29)15-6-4-7-18(25-15)21(22,23)24/h4,6-7,10-12,30H,5,8-9H2,1-3H3,(H,26,29). The Labute approximate surface area is 185 Å². The summed E-state index contributed by atoms with van der Waals surface area (Å²) in [5, 5.41) is 18.3. The number of aliphatic hydroxyl groups is 1. The molecule has 3 aromatic rings. The monoisotopic (exact) mass is 468 g/mol. The summed E-state index contributed by atoms with van der Waals surface area (Å²) in [6, 6.07) is 6.31. The number of hydrogen-bond acceptors (Lipinski definition) is 5. The van der Waals surface area contributed by atoms with E-state index in [1.54, 1.807) is 29.3 Å². The lowest BCUT2D eigenvalue weighted by Crippen LogP contribution is -2.22. The molecule has 1 atom stereocenters. The van der Waals surface area contributed by atoms with E-state index in [9.17, 15) is 27.3 Å². The smallest absolute Gasteiger partial charge is 0.386 e. The Balaban J connectivity index is 1.94. The third kappa shape index (κ3) is 5.71. The summed E-state index contributed by atoms with van der Waals surface area (Å²) in [7, 11) is -0.907. The van der Waals surface area contributed by atoms with Gasteiger partial charge in [-0.05, 0) is 44.5 Å². The number of alkyl halides is 3. The molecule has 11 heteroatoms. The lowest BCUT2D eigenvalue weighted by atomic mass is 9.95. The number of rotatable bonds is 7. The van der Waals surface area contributed by atoms with E-state index in [0.717, 1.165) is 12.1 Å². The van der Waals surface area contributed by atoms with Gasteiger partial charge in [0.2, 0.25) is 0 Å². The Morgan fingerprint density at radius 1 is 1.25 bits per heavy atom.